The molecule has 0 spiro atoms. The van der Waals surface area contributed by atoms with Gasteiger partial charge in [0, 0.05) is 17.6 Å². The molecule has 188 valence electrons. The van der Waals surface area contributed by atoms with Gasteiger partial charge in [0.1, 0.15) is 6.54 Å². The molecule has 9 heteroatoms. The number of halogens is 1. The predicted molar refractivity (Wildman–Crippen MR) is 145 cm³/mol. The first kappa shape index (κ1) is 25.9. The fraction of sp³-hybridized carbons (Fsp3) is 0.259. The third kappa shape index (κ3) is 5.96. The Morgan fingerprint density at radius 2 is 1.56 bits per heavy atom. The summed E-state index contributed by atoms with van der Waals surface area (Å²) in [6.07, 6.45) is 3.02. The summed E-state index contributed by atoms with van der Waals surface area (Å²) in [5.41, 5.74) is 2.04. The first-order valence-electron chi connectivity index (χ1n) is 11.8. The van der Waals surface area contributed by atoms with Gasteiger partial charge < -0.3 is 10.2 Å². The highest BCUT2D eigenvalue weighted by molar-refractivity contribution is 9.10. The molecule has 3 aromatic carbocycles. The van der Waals surface area contributed by atoms with Gasteiger partial charge in [-0.1, -0.05) is 45.8 Å². The smallest absolute Gasteiger partial charge is 0.264 e. The van der Waals surface area contributed by atoms with Gasteiger partial charge in [0.2, 0.25) is 5.91 Å². The summed E-state index contributed by atoms with van der Waals surface area (Å²) < 4.78 is 29.0. The molecule has 1 aliphatic heterocycles. The Kier molecular flexibility index (Phi) is 8.11. The van der Waals surface area contributed by atoms with Crippen molar-refractivity contribution in [2.24, 2.45) is 0 Å². The molecule has 0 unspecified atom stereocenters. The lowest BCUT2D eigenvalue weighted by atomic mass is 10.1. The van der Waals surface area contributed by atoms with Gasteiger partial charge in [-0.2, -0.15) is 0 Å². The topological polar surface area (TPSA) is 86.8 Å². The number of para-hydroxylation sites is 1. The molecule has 36 heavy (non-hydrogen) atoms. The minimum Gasteiger partial charge on any atom is -0.339 e. The third-order valence-electron chi connectivity index (χ3n) is 6.09. The van der Waals surface area contributed by atoms with Crippen molar-refractivity contribution in [2.75, 3.05) is 29.3 Å². The van der Waals surface area contributed by atoms with Crippen LogP contribution in [-0.4, -0.2) is 44.8 Å². The van der Waals surface area contributed by atoms with Gasteiger partial charge in [-0.15, -0.1) is 0 Å². The SMILES string of the molecule is Cc1ccc(S(=O)(=O)N(CC(=O)Nc2ccccc2C(=O)N2CCCCC2)c2ccc(Br)cc2)cc1. The lowest BCUT2D eigenvalue weighted by Gasteiger charge is -2.28. The van der Waals surface area contributed by atoms with E-state index in [0.717, 1.165) is 33.6 Å². The number of nitrogens with one attached hydrogen (secondary N) is 1. The number of carbonyl (C=O) groups is 2. The summed E-state index contributed by atoms with van der Waals surface area (Å²) in [6, 6.07) is 20.0. The second kappa shape index (κ2) is 11.3. The number of anilines is 2. The Labute approximate surface area is 220 Å². The zero-order valence-corrected chi connectivity index (χ0v) is 22.4. The highest BCUT2D eigenvalue weighted by Gasteiger charge is 2.28. The molecular weight excluding hydrogens is 542 g/mol. The number of amides is 2. The molecule has 0 aliphatic carbocycles. The molecule has 4 rings (SSSR count). The molecule has 0 bridgehead atoms. The molecule has 0 aromatic heterocycles. The summed E-state index contributed by atoms with van der Waals surface area (Å²) in [7, 11) is -4.03. The lowest BCUT2D eigenvalue weighted by Crippen LogP contribution is -2.39. The van der Waals surface area contributed by atoms with E-state index in [9.17, 15) is 18.0 Å². The average molecular weight is 571 g/mol. The van der Waals surface area contributed by atoms with E-state index in [1.165, 1.54) is 12.1 Å². The molecule has 1 aliphatic rings. The summed E-state index contributed by atoms with van der Waals surface area (Å²) in [4.78, 5) is 28.2. The van der Waals surface area contributed by atoms with Crippen molar-refractivity contribution >= 4 is 49.1 Å². The van der Waals surface area contributed by atoms with Gasteiger partial charge in [0.05, 0.1) is 21.8 Å². The Balaban J connectivity index is 1.61. The first-order valence-corrected chi connectivity index (χ1v) is 14.0. The molecule has 7 nitrogen and oxygen atoms in total. The van der Waals surface area contributed by atoms with Crippen LogP contribution in [0.15, 0.2) is 82.2 Å². The van der Waals surface area contributed by atoms with Crippen molar-refractivity contribution in [1.29, 1.82) is 0 Å². The van der Waals surface area contributed by atoms with Crippen LogP contribution in [0.2, 0.25) is 0 Å². The fourth-order valence-corrected chi connectivity index (χ4v) is 5.81. The molecule has 2 amide bonds. The Morgan fingerprint density at radius 3 is 2.22 bits per heavy atom. The minimum absolute atomic E-state index is 0.0875. The van der Waals surface area contributed by atoms with Crippen molar-refractivity contribution < 1.29 is 18.0 Å². The van der Waals surface area contributed by atoms with Crippen molar-refractivity contribution in [1.82, 2.24) is 4.90 Å². The van der Waals surface area contributed by atoms with Gasteiger partial charge in [0.25, 0.3) is 15.9 Å². The number of rotatable bonds is 7. The van der Waals surface area contributed by atoms with Crippen molar-refractivity contribution in [3.05, 3.63) is 88.4 Å². The number of hydrogen-bond acceptors (Lipinski definition) is 4. The van der Waals surface area contributed by atoms with Gasteiger partial charge in [0.15, 0.2) is 0 Å². The third-order valence-corrected chi connectivity index (χ3v) is 8.40. The fourth-order valence-electron chi connectivity index (χ4n) is 4.13. The van der Waals surface area contributed by atoms with E-state index in [0.29, 0.717) is 30.0 Å². The maximum absolute atomic E-state index is 13.6. The Hall–Kier alpha value is -3.17. The van der Waals surface area contributed by atoms with Gasteiger partial charge in [-0.05, 0) is 74.7 Å². The van der Waals surface area contributed by atoms with E-state index < -0.39 is 22.5 Å². The maximum atomic E-state index is 13.6. The number of likely N-dealkylation sites (tertiary alicyclic amines) is 1. The number of aryl methyl sites for hydroxylation is 1. The number of nitrogens with zero attached hydrogens (tertiary/aromatic N) is 2. The van der Waals surface area contributed by atoms with Crippen molar-refractivity contribution in [3.63, 3.8) is 0 Å². The summed E-state index contributed by atoms with van der Waals surface area (Å²) in [5.74, 6) is -0.685. The van der Waals surface area contributed by atoms with Crippen molar-refractivity contribution in [2.45, 2.75) is 31.1 Å². The van der Waals surface area contributed by atoms with Crippen LogP contribution < -0.4 is 9.62 Å². The number of carbonyl (C=O) groups excluding carboxylic acids is 2. The van der Waals surface area contributed by atoms with Crippen LogP contribution in [0.3, 0.4) is 0 Å². The highest BCUT2D eigenvalue weighted by Crippen LogP contribution is 2.26. The van der Waals surface area contributed by atoms with Crippen LogP contribution in [0.4, 0.5) is 11.4 Å². The maximum Gasteiger partial charge on any atom is 0.264 e. The number of sulfonamides is 1. The predicted octanol–water partition coefficient (Wildman–Crippen LogP) is 5.22. The van der Waals surface area contributed by atoms with E-state index in [-0.39, 0.29) is 10.8 Å². The van der Waals surface area contributed by atoms with E-state index in [1.807, 2.05) is 6.92 Å². The van der Waals surface area contributed by atoms with Crippen molar-refractivity contribution in [3.8, 4) is 0 Å². The zero-order chi connectivity index (χ0) is 25.7. The van der Waals surface area contributed by atoms with Gasteiger partial charge >= 0.3 is 0 Å². The normalized spacial score (nSPS) is 13.8. The molecule has 3 aromatic rings. The van der Waals surface area contributed by atoms with Gasteiger partial charge in [-0.3, -0.25) is 13.9 Å². The first-order chi connectivity index (χ1) is 17.3. The molecule has 1 saturated heterocycles. The highest BCUT2D eigenvalue weighted by atomic mass is 79.9. The second-order valence-electron chi connectivity index (χ2n) is 8.75. The summed E-state index contributed by atoms with van der Waals surface area (Å²) >= 11 is 3.36. The van der Waals surface area contributed by atoms with Crippen LogP contribution >= 0.6 is 15.9 Å². The average Bonchev–Trinajstić information content (AvgIpc) is 2.88. The molecule has 1 N–H and O–H groups in total. The van der Waals surface area contributed by atoms with E-state index in [1.54, 1.807) is 65.6 Å². The molecule has 0 atom stereocenters. The van der Waals surface area contributed by atoms with Crippen LogP contribution in [-0.2, 0) is 14.8 Å². The second-order valence-corrected chi connectivity index (χ2v) is 11.5. The van der Waals surface area contributed by atoms with Crippen LogP contribution in [0, 0.1) is 6.92 Å². The minimum atomic E-state index is -4.03. The van der Waals surface area contributed by atoms with E-state index >= 15 is 0 Å². The Bertz CT molecular complexity index is 1340. The number of hydrogen-bond donors (Lipinski definition) is 1. The van der Waals surface area contributed by atoms with Gasteiger partial charge in [-0.25, -0.2) is 8.42 Å². The number of piperidine rings is 1. The molecule has 1 heterocycles. The summed E-state index contributed by atoms with van der Waals surface area (Å²) in [5, 5.41) is 2.77. The molecule has 0 radical (unpaired) electrons. The van der Waals surface area contributed by atoms with E-state index in [2.05, 4.69) is 21.2 Å². The summed E-state index contributed by atoms with van der Waals surface area (Å²) in [6.45, 7) is 2.80. The van der Waals surface area contributed by atoms with Crippen LogP contribution in [0.1, 0.15) is 35.2 Å². The lowest BCUT2D eigenvalue weighted by molar-refractivity contribution is -0.114. The number of benzene rings is 3. The van der Waals surface area contributed by atoms with Crippen LogP contribution in [0.5, 0.6) is 0 Å². The Morgan fingerprint density at radius 1 is 0.917 bits per heavy atom. The molecular formula is C27H28BrN3O4S. The molecule has 0 saturated carbocycles. The van der Waals surface area contributed by atoms with E-state index in [4.69, 9.17) is 0 Å². The van der Waals surface area contributed by atoms with Crippen LogP contribution in [0.25, 0.3) is 0 Å². The zero-order valence-electron chi connectivity index (χ0n) is 20.0. The largest absolute Gasteiger partial charge is 0.339 e. The quantitative estimate of drug-likeness (QED) is 0.422. The molecule has 1 fully saturated rings. The monoisotopic (exact) mass is 569 g/mol. The standard InChI is InChI=1S/C27H28BrN3O4S/c1-20-9-15-23(16-10-20)36(34,35)31(22-13-11-21(28)12-14-22)19-26(32)29-25-8-4-3-7-24(25)27(33)30-17-5-2-6-18-30/h3-4,7-16H,2,5-6,17-19H2,1H3,(H,29,32).